The van der Waals surface area contributed by atoms with E-state index in [0.29, 0.717) is 22.5 Å². The second-order valence-electron chi connectivity index (χ2n) is 5.15. The van der Waals surface area contributed by atoms with E-state index >= 15 is 0 Å². The van der Waals surface area contributed by atoms with Crippen LogP contribution in [0.4, 0.5) is 9.52 Å². The van der Waals surface area contributed by atoms with Gasteiger partial charge in [-0.3, -0.25) is 0 Å². The van der Waals surface area contributed by atoms with Crippen LogP contribution in [0.5, 0.6) is 0 Å². The van der Waals surface area contributed by atoms with E-state index in [4.69, 9.17) is 0 Å². The molecule has 0 spiro atoms. The fraction of sp³-hybridized carbons (Fsp3) is 0.0588. The van der Waals surface area contributed by atoms with E-state index in [1.807, 2.05) is 30.3 Å². The van der Waals surface area contributed by atoms with Crippen molar-refractivity contribution in [3.05, 3.63) is 66.2 Å². The lowest BCUT2D eigenvalue weighted by Crippen LogP contribution is -1.98. The highest BCUT2D eigenvalue weighted by atomic mass is 32.2. The zero-order chi connectivity index (χ0) is 17.1. The van der Waals surface area contributed by atoms with Crippen molar-refractivity contribution >= 4 is 39.1 Å². The van der Waals surface area contributed by atoms with Gasteiger partial charge in [0.25, 0.3) is 0 Å². The number of hydrogen-bond acceptors (Lipinski definition) is 7. The average Bonchev–Trinajstić information content (AvgIpc) is 3.09. The first-order valence-corrected chi connectivity index (χ1v) is 9.11. The Morgan fingerprint density at radius 2 is 1.92 bits per heavy atom. The summed E-state index contributed by atoms with van der Waals surface area (Å²) in [6.45, 7) is 0.682. The van der Waals surface area contributed by atoms with Gasteiger partial charge < -0.3 is 5.32 Å². The van der Waals surface area contributed by atoms with E-state index in [1.165, 1.54) is 47.1 Å². The summed E-state index contributed by atoms with van der Waals surface area (Å²) in [4.78, 5) is 8.41. The standard InChI is InChI=1S/C17H12FN5S2/c18-12-6-7-14-13(8-12)15(21-10-20-14)24-17-23-22-16(25-17)19-9-11-4-2-1-3-5-11/h1-8,10H,9H2,(H,19,22). The van der Waals surface area contributed by atoms with E-state index in [9.17, 15) is 4.39 Å². The molecule has 0 aliphatic carbocycles. The first-order chi connectivity index (χ1) is 12.3. The van der Waals surface area contributed by atoms with E-state index in [1.54, 1.807) is 6.07 Å². The molecule has 2 aromatic heterocycles. The van der Waals surface area contributed by atoms with Crippen LogP contribution in [0.15, 0.2) is 64.2 Å². The average molecular weight is 369 g/mol. The molecule has 4 rings (SSSR count). The molecule has 1 N–H and O–H groups in total. The summed E-state index contributed by atoms with van der Waals surface area (Å²) >= 11 is 2.79. The minimum absolute atomic E-state index is 0.313. The molecule has 0 unspecified atom stereocenters. The monoisotopic (exact) mass is 369 g/mol. The van der Waals surface area contributed by atoms with Crippen LogP contribution in [0, 0.1) is 5.82 Å². The molecule has 0 atom stereocenters. The van der Waals surface area contributed by atoms with Gasteiger partial charge >= 0.3 is 0 Å². The van der Waals surface area contributed by atoms with Gasteiger partial charge in [0.2, 0.25) is 5.13 Å². The van der Waals surface area contributed by atoms with E-state index in [2.05, 4.69) is 25.5 Å². The summed E-state index contributed by atoms with van der Waals surface area (Å²) in [6, 6.07) is 14.5. The number of halogens is 1. The molecule has 0 amide bonds. The summed E-state index contributed by atoms with van der Waals surface area (Å²) in [5.41, 5.74) is 1.87. The van der Waals surface area contributed by atoms with Crippen LogP contribution in [0.3, 0.4) is 0 Å². The van der Waals surface area contributed by atoms with E-state index in [-0.39, 0.29) is 5.82 Å². The molecule has 0 fully saturated rings. The smallest absolute Gasteiger partial charge is 0.206 e. The molecule has 2 heterocycles. The maximum atomic E-state index is 13.5. The number of hydrogen-bond donors (Lipinski definition) is 1. The molecule has 0 radical (unpaired) electrons. The third-order valence-electron chi connectivity index (χ3n) is 3.44. The lowest BCUT2D eigenvalue weighted by Gasteiger charge is -2.02. The topological polar surface area (TPSA) is 63.6 Å². The number of aromatic nitrogens is 4. The summed E-state index contributed by atoms with van der Waals surface area (Å²) in [6.07, 6.45) is 1.47. The third-order valence-corrected chi connectivity index (χ3v) is 5.39. The number of benzene rings is 2. The van der Waals surface area contributed by atoms with Crippen molar-refractivity contribution in [2.45, 2.75) is 15.9 Å². The third kappa shape index (κ3) is 3.75. The Morgan fingerprint density at radius 1 is 1.04 bits per heavy atom. The first kappa shape index (κ1) is 15.9. The van der Waals surface area contributed by atoms with Gasteiger partial charge in [-0.2, -0.15) is 0 Å². The number of fused-ring (bicyclic) bond motifs is 1. The Balaban J connectivity index is 1.51. The van der Waals surface area contributed by atoms with Crippen LogP contribution < -0.4 is 5.32 Å². The van der Waals surface area contributed by atoms with Gasteiger partial charge in [-0.05, 0) is 35.5 Å². The van der Waals surface area contributed by atoms with Crippen LogP contribution in [0.2, 0.25) is 0 Å². The Kier molecular flexibility index (Phi) is 4.53. The van der Waals surface area contributed by atoms with Crippen molar-refractivity contribution in [2.24, 2.45) is 0 Å². The SMILES string of the molecule is Fc1ccc2ncnc(Sc3nnc(NCc4ccccc4)s3)c2c1. The highest BCUT2D eigenvalue weighted by Gasteiger charge is 2.11. The predicted octanol–water partition coefficient (Wildman–Crippen LogP) is 4.38. The molecule has 124 valence electrons. The second-order valence-corrected chi connectivity index (χ2v) is 7.37. The van der Waals surface area contributed by atoms with Gasteiger partial charge in [0, 0.05) is 11.9 Å². The molecule has 0 aliphatic rings. The fourth-order valence-corrected chi connectivity index (χ4v) is 4.00. The van der Waals surface area contributed by atoms with Crippen molar-refractivity contribution < 1.29 is 4.39 Å². The molecule has 2 aromatic carbocycles. The molecule has 0 saturated heterocycles. The molecule has 25 heavy (non-hydrogen) atoms. The maximum Gasteiger partial charge on any atom is 0.206 e. The van der Waals surface area contributed by atoms with Crippen molar-refractivity contribution in [3.8, 4) is 0 Å². The lowest BCUT2D eigenvalue weighted by atomic mass is 10.2. The van der Waals surface area contributed by atoms with Gasteiger partial charge in [-0.15, -0.1) is 10.2 Å². The number of rotatable bonds is 5. The number of nitrogens with one attached hydrogen (secondary N) is 1. The Bertz CT molecular complexity index is 1010. The van der Waals surface area contributed by atoms with Crippen LogP contribution in [0.1, 0.15) is 5.56 Å². The van der Waals surface area contributed by atoms with Gasteiger partial charge in [0.05, 0.1) is 5.52 Å². The summed E-state index contributed by atoms with van der Waals surface area (Å²) in [5, 5.41) is 13.6. The maximum absolute atomic E-state index is 13.5. The molecule has 0 bridgehead atoms. The van der Waals surface area contributed by atoms with Crippen molar-refractivity contribution in [3.63, 3.8) is 0 Å². The molecule has 0 saturated carbocycles. The summed E-state index contributed by atoms with van der Waals surface area (Å²) < 4.78 is 14.3. The highest BCUT2D eigenvalue weighted by Crippen LogP contribution is 2.34. The van der Waals surface area contributed by atoms with Crippen molar-refractivity contribution in [2.75, 3.05) is 5.32 Å². The normalized spacial score (nSPS) is 10.9. The van der Waals surface area contributed by atoms with Crippen LogP contribution in [-0.4, -0.2) is 20.2 Å². The molecule has 8 heteroatoms. The van der Waals surface area contributed by atoms with Crippen LogP contribution >= 0.6 is 23.1 Å². The molecule has 4 aromatic rings. The van der Waals surface area contributed by atoms with E-state index in [0.717, 1.165) is 9.47 Å². The van der Waals surface area contributed by atoms with Crippen molar-refractivity contribution in [1.82, 2.24) is 20.2 Å². The summed E-state index contributed by atoms with van der Waals surface area (Å²) in [7, 11) is 0. The minimum atomic E-state index is -0.313. The zero-order valence-electron chi connectivity index (χ0n) is 12.9. The zero-order valence-corrected chi connectivity index (χ0v) is 14.5. The fourth-order valence-electron chi connectivity index (χ4n) is 2.27. The van der Waals surface area contributed by atoms with Gasteiger partial charge in [-0.1, -0.05) is 41.7 Å². The van der Waals surface area contributed by atoms with Gasteiger partial charge in [0.1, 0.15) is 17.2 Å². The summed E-state index contributed by atoms with van der Waals surface area (Å²) in [5.74, 6) is -0.313. The van der Waals surface area contributed by atoms with Crippen LogP contribution in [0.25, 0.3) is 10.9 Å². The molecule has 5 nitrogen and oxygen atoms in total. The number of nitrogens with zero attached hydrogens (tertiary/aromatic N) is 4. The molecule has 0 aliphatic heterocycles. The Hall–Kier alpha value is -2.58. The quantitative estimate of drug-likeness (QED) is 0.527. The Morgan fingerprint density at radius 3 is 2.80 bits per heavy atom. The molecular formula is C17H12FN5S2. The Labute approximate surface area is 151 Å². The minimum Gasteiger partial charge on any atom is -0.356 e. The van der Waals surface area contributed by atoms with Crippen molar-refractivity contribution in [1.29, 1.82) is 0 Å². The van der Waals surface area contributed by atoms with E-state index < -0.39 is 0 Å². The first-order valence-electron chi connectivity index (χ1n) is 7.47. The highest BCUT2D eigenvalue weighted by molar-refractivity contribution is 8.01. The largest absolute Gasteiger partial charge is 0.356 e. The second kappa shape index (κ2) is 7.12. The van der Waals surface area contributed by atoms with Gasteiger partial charge in [0.15, 0.2) is 4.34 Å². The van der Waals surface area contributed by atoms with Crippen LogP contribution in [-0.2, 0) is 6.54 Å². The predicted molar refractivity (Wildman–Crippen MR) is 97.3 cm³/mol. The number of anilines is 1. The molecular weight excluding hydrogens is 357 g/mol. The van der Waals surface area contributed by atoms with Gasteiger partial charge in [-0.25, -0.2) is 14.4 Å². The lowest BCUT2D eigenvalue weighted by molar-refractivity contribution is 0.629.